The van der Waals surface area contributed by atoms with E-state index in [1.165, 1.54) is 0 Å². The minimum absolute atomic E-state index is 0.0546. The third-order valence-electron chi connectivity index (χ3n) is 2.24. The van der Waals surface area contributed by atoms with E-state index in [9.17, 15) is 9.59 Å². The molecule has 1 saturated heterocycles. The van der Waals surface area contributed by atoms with Crippen molar-refractivity contribution < 1.29 is 14.7 Å². The Morgan fingerprint density at radius 1 is 1.64 bits per heavy atom. The van der Waals surface area contributed by atoms with Crippen LogP contribution in [0.2, 0.25) is 0 Å². The summed E-state index contributed by atoms with van der Waals surface area (Å²) in [6, 6.07) is -0.0546. The van der Waals surface area contributed by atoms with Crippen molar-refractivity contribution in [1.29, 1.82) is 0 Å². The Hall–Kier alpha value is -0.550. The molecule has 1 heterocycles. The van der Waals surface area contributed by atoms with Gasteiger partial charge in [-0.3, -0.25) is 9.59 Å². The topological polar surface area (TPSA) is 66.4 Å². The maximum absolute atomic E-state index is 11.5. The molecule has 5 heteroatoms. The normalized spacial score (nSPS) is 23.4. The van der Waals surface area contributed by atoms with Gasteiger partial charge in [-0.2, -0.15) is 0 Å². The van der Waals surface area contributed by atoms with Crippen LogP contribution in [0, 0.1) is 5.92 Å². The van der Waals surface area contributed by atoms with Gasteiger partial charge in [0.15, 0.2) is 0 Å². The minimum atomic E-state index is -0.843. The predicted molar refractivity (Wildman–Crippen MR) is 55.3 cm³/mol. The number of hydrogen-bond acceptors (Lipinski definition) is 4. The fraction of sp³-hybridized carbons (Fsp3) is 0.778. The average molecular weight is 217 g/mol. The lowest BCUT2D eigenvalue weighted by Gasteiger charge is -2.09. The van der Waals surface area contributed by atoms with Crippen molar-refractivity contribution in [3.05, 3.63) is 0 Å². The molecule has 1 fully saturated rings. The average Bonchev–Trinajstić information content (AvgIpc) is 2.66. The van der Waals surface area contributed by atoms with Crippen LogP contribution in [0.3, 0.4) is 0 Å². The van der Waals surface area contributed by atoms with E-state index in [1.807, 2.05) is 0 Å². The summed E-state index contributed by atoms with van der Waals surface area (Å²) in [6.07, 6.45) is 1.92. The van der Waals surface area contributed by atoms with Gasteiger partial charge in [-0.1, -0.05) is 18.7 Å². The molecule has 1 aliphatic heterocycles. The molecule has 2 N–H and O–H groups in total. The van der Waals surface area contributed by atoms with Crippen molar-refractivity contribution in [3.8, 4) is 0 Å². The summed E-state index contributed by atoms with van der Waals surface area (Å²) in [5.41, 5.74) is 0. The summed E-state index contributed by atoms with van der Waals surface area (Å²) in [4.78, 5) is 22.0. The van der Waals surface area contributed by atoms with Gasteiger partial charge in [-0.15, -0.1) is 0 Å². The number of nitrogens with one attached hydrogen (secondary N) is 1. The van der Waals surface area contributed by atoms with E-state index in [-0.39, 0.29) is 11.2 Å². The first-order valence-electron chi connectivity index (χ1n) is 4.74. The lowest BCUT2D eigenvalue weighted by Crippen LogP contribution is -2.29. The molecule has 0 aromatic carbocycles. The number of carbonyl (C=O) groups excluding carboxylic acids is 1. The Kier molecular flexibility index (Phi) is 4.41. The van der Waals surface area contributed by atoms with E-state index in [1.54, 1.807) is 6.92 Å². The summed E-state index contributed by atoms with van der Waals surface area (Å²) in [7, 11) is 0. The molecule has 1 aliphatic rings. The Balaban J connectivity index is 2.23. The second-order valence-electron chi connectivity index (χ2n) is 3.52. The number of rotatable bonds is 4. The Morgan fingerprint density at radius 2 is 2.36 bits per heavy atom. The number of aliphatic carboxylic acids is 1. The molecule has 0 amide bonds. The maximum atomic E-state index is 11.5. The highest BCUT2D eigenvalue weighted by Gasteiger charge is 2.23. The largest absolute Gasteiger partial charge is 0.481 e. The minimum Gasteiger partial charge on any atom is -0.481 e. The zero-order valence-electron chi connectivity index (χ0n) is 8.16. The molecule has 0 aromatic rings. The third kappa shape index (κ3) is 3.31. The Morgan fingerprint density at radius 3 is 2.86 bits per heavy atom. The van der Waals surface area contributed by atoms with Crippen molar-refractivity contribution >= 4 is 22.8 Å². The standard InChI is InChI=1S/C9H15NO3S/c1-6(8(11)12)5-14-9(13)7-3-2-4-10-7/h6-7,10H,2-5H2,1H3,(H,11,12). The number of hydrogen-bond donors (Lipinski definition) is 2. The van der Waals surface area contributed by atoms with Crippen molar-refractivity contribution in [2.75, 3.05) is 12.3 Å². The molecule has 14 heavy (non-hydrogen) atoms. The van der Waals surface area contributed by atoms with Crippen LogP contribution >= 0.6 is 11.8 Å². The van der Waals surface area contributed by atoms with Crippen molar-refractivity contribution in [2.24, 2.45) is 5.92 Å². The molecule has 0 saturated carbocycles. The van der Waals surface area contributed by atoms with Crippen molar-refractivity contribution in [2.45, 2.75) is 25.8 Å². The van der Waals surface area contributed by atoms with Gasteiger partial charge < -0.3 is 10.4 Å². The third-order valence-corrected chi connectivity index (χ3v) is 3.48. The first kappa shape index (κ1) is 11.5. The lowest BCUT2D eigenvalue weighted by molar-refractivity contribution is -0.140. The molecule has 2 unspecified atom stereocenters. The Labute approximate surface area is 87.4 Å². The van der Waals surface area contributed by atoms with E-state index in [4.69, 9.17) is 5.11 Å². The zero-order chi connectivity index (χ0) is 10.6. The highest BCUT2D eigenvalue weighted by atomic mass is 32.2. The summed E-state index contributed by atoms with van der Waals surface area (Å²) < 4.78 is 0. The molecule has 0 spiro atoms. The number of thioether (sulfide) groups is 1. The van der Waals surface area contributed by atoms with E-state index in [0.717, 1.165) is 31.1 Å². The zero-order valence-corrected chi connectivity index (χ0v) is 8.97. The second kappa shape index (κ2) is 5.36. The monoisotopic (exact) mass is 217 g/mol. The molecule has 0 aromatic heterocycles. The quantitative estimate of drug-likeness (QED) is 0.726. The molecule has 1 rings (SSSR count). The molecule has 0 radical (unpaired) electrons. The molecule has 80 valence electrons. The van der Waals surface area contributed by atoms with E-state index >= 15 is 0 Å². The van der Waals surface area contributed by atoms with Gasteiger partial charge in [0.25, 0.3) is 0 Å². The maximum Gasteiger partial charge on any atom is 0.307 e. The predicted octanol–water partition coefficient (Wildman–Crippen LogP) is 0.719. The highest BCUT2D eigenvalue weighted by molar-refractivity contribution is 8.13. The SMILES string of the molecule is CC(CSC(=O)C1CCCN1)C(=O)O. The van der Waals surface area contributed by atoms with Crippen LogP contribution in [0.25, 0.3) is 0 Å². The van der Waals surface area contributed by atoms with Gasteiger partial charge >= 0.3 is 5.97 Å². The van der Waals surface area contributed by atoms with Gasteiger partial charge in [-0.05, 0) is 19.4 Å². The van der Waals surface area contributed by atoms with Gasteiger partial charge in [0.2, 0.25) is 5.12 Å². The number of carbonyl (C=O) groups is 2. The van der Waals surface area contributed by atoms with Crippen LogP contribution in [-0.4, -0.2) is 34.5 Å². The van der Waals surface area contributed by atoms with Crippen LogP contribution in [-0.2, 0) is 9.59 Å². The molecular weight excluding hydrogens is 202 g/mol. The molecule has 4 nitrogen and oxygen atoms in total. The first-order chi connectivity index (χ1) is 6.61. The summed E-state index contributed by atoms with van der Waals surface area (Å²) >= 11 is 1.13. The molecule has 2 atom stereocenters. The summed E-state index contributed by atoms with van der Waals surface area (Å²) in [5.74, 6) is -0.929. The summed E-state index contributed by atoms with van der Waals surface area (Å²) in [6.45, 7) is 2.51. The first-order valence-corrected chi connectivity index (χ1v) is 5.72. The smallest absolute Gasteiger partial charge is 0.307 e. The van der Waals surface area contributed by atoms with Crippen molar-refractivity contribution in [3.63, 3.8) is 0 Å². The number of carboxylic acids is 1. The molecule has 0 bridgehead atoms. The second-order valence-corrected chi connectivity index (χ2v) is 4.54. The fourth-order valence-electron chi connectivity index (χ4n) is 1.26. The van der Waals surface area contributed by atoms with E-state index < -0.39 is 11.9 Å². The van der Waals surface area contributed by atoms with Crippen LogP contribution in [0.1, 0.15) is 19.8 Å². The van der Waals surface area contributed by atoms with E-state index in [0.29, 0.717) is 5.75 Å². The molecule has 0 aliphatic carbocycles. The van der Waals surface area contributed by atoms with Crippen molar-refractivity contribution in [1.82, 2.24) is 5.32 Å². The van der Waals surface area contributed by atoms with Gasteiger partial charge in [-0.25, -0.2) is 0 Å². The lowest BCUT2D eigenvalue weighted by atomic mass is 10.2. The molecular formula is C9H15NO3S. The van der Waals surface area contributed by atoms with Gasteiger partial charge in [0.1, 0.15) is 0 Å². The summed E-state index contributed by atoms with van der Waals surface area (Å²) in [5, 5.41) is 11.8. The Bertz CT molecular complexity index is 226. The highest BCUT2D eigenvalue weighted by Crippen LogP contribution is 2.16. The number of carboxylic acid groups (broad SMARTS) is 1. The van der Waals surface area contributed by atoms with Gasteiger partial charge in [0.05, 0.1) is 12.0 Å². The van der Waals surface area contributed by atoms with E-state index in [2.05, 4.69) is 5.32 Å². The fourth-order valence-corrected chi connectivity index (χ4v) is 2.22. The van der Waals surface area contributed by atoms with Gasteiger partial charge in [0, 0.05) is 5.75 Å². The van der Waals surface area contributed by atoms with Crippen LogP contribution in [0.15, 0.2) is 0 Å². The van der Waals surface area contributed by atoms with Crippen LogP contribution in [0.5, 0.6) is 0 Å². The van der Waals surface area contributed by atoms with Crippen LogP contribution < -0.4 is 5.32 Å². The van der Waals surface area contributed by atoms with Crippen LogP contribution in [0.4, 0.5) is 0 Å².